The predicted molar refractivity (Wildman–Crippen MR) is 90.6 cm³/mol. The molecule has 0 unspecified atom stereocenters. The van der Waals surface area contributed by atoms with Crippen LogP contribution in [0.15, 0.2) is 42.5 Å². The molecule has 0 N–H and O–H groups in total. The highest BCUT2D eigenvalue weighted by Crippen LogP contribution is 2.34. The average Bonchev–Trinajstić information content (AvgIpc) is 2.60. The highest BCUT2D eigenvalue weighted by molar-refractivity contribution is 5.91. The molecule has 0 amide bonds. The summed E-state index contributed by atoms with van der Waals surface area (Å²) >= 11 is 0. The summed E-state index contributed by atoms with van der Waals surface area (Å²) in [4.78, 5) is 11.4. The van der Waals surface area contributed by atoms with Crippen LogP contribution in [0.1, 0.15) is 12.5 Å². The number of esters is 1. The molecule has 0 radical (unpaired) electrons. The van der Waals surface area contributed by atoms with Crippen LogP contribution < -0.4 is 9.47 Å². The average molecular weight is 330 g/mol. The molecule has 0 saturated carbocycles. The largest absolute Gasteiger partial charge is 0.496 e. The number of hydrogen-bond donors (Lipinski definition) is 0. The maximum Gasteiger partial charge on any atom is 0.330 e. The van der Waals surface area contributed by atoms with Gasteiger partial charge < -0.3 is 14.2 Å². The summed E-state index contributed by atoms with van der Waals surface area (Å²) in [5.41, 5.74) is 2.92. The van der Waals surface area contributed by atoms with Crippen molar-refractivity contribution in [1.29, 1.82) is 0 Å². The number of halogens is 1. The summed E-state index contributed by atoms with van der Waals surface area (Å²) in [5.74, 6) is -0.102. The topological polar surface area (TPSA) is 44.8 Å². The molecule has 0 aliphatic heterocycles. The second-order valence-corrected chi connectivity index (χ2v) is 5.11. The minimum Gasteiger partial charge on any atom is -0.496 e. The van der Waals surface area contributed by atoms with Gasteiger partial charge >= 0.3 is 5.97 Å². The second-order valence-electron chi connectivity index (χ2n) is 5.11. The van der Waals surface area contributed by atoms with Crippen LogP contribution in [0.25, 0.3) is 16.7 Å². The summed E-state index contributed by atoms with van der Waals surface area (Å²) in [5, 5.41) is 0. The molecule has 0 aliphatic carbocycles. The molecule has 4 nitrogen and oxygen atoms in total. The van der Waals surface area contributed by atoms with E-state index in [1.165, 1.54) is 26.4 Å². The van der Waals surface area contributed by atoms with E-state index in [0.717, 1.165) is 11.1 Å². The van der Waals surface area contributed by atoms with Crippen LogP contribution in [0, 0.1) is 5.82 Å². The van der Waals surface area contributed by atoms with Gasteiger partial charge in [0.05, 0.1) is 21.3 Å². The van der Waals surface area contributed by atoms with Crippen LogP contribution >= 0.6 is 0 Å². The van der Waals surface area contributed by atoms with E-state index in [1.54, 1.807) is 32.2 Å². The molecule has 0 spiro atoms. The molecule has 0 atom stereocenters. The van der Waals surface area contributed by atoms with Gasteiger partial charge in [-0.3, -0.25) is 0 Å². The molecule has 24 heavy (non-hydrogen) atoms. The lowest BCUT2D eigenvalue weighted by atomic mass is 9.98. The molecule has 2 aromatic rings. The van der Waals surface area contributed by atoms with E-state index in [9.17, 15) is 9.18 Å². The number of hydrogen-bond acceptors (Lipinski definition) is 4. The molecular weight excluding hydrogens is 311 g/mol. The Balaban J connectivity index is 2.52. The Bertz CT molecular complexity index is 781. The zero-order valence-corrected chi connectivity index (χ0v) is 14.1. The summed E-state index contributed by atoms with van der Waals surface area (Å²) in [6, 6.07) is 10.2. The molecule has 5 heteroatoms. The zero-order valence-electron chi connectivity index (χ0n) is 14.1. The van der Waals surface area contributed by atoms with Crippen molar-refractivity contribution >= 4 is 11.5 Å². The van der Waals surface area contributed by atoms with E-state index in [-0.39, 0.29) is 5.75 Å². The Labute approximate surface area is 140 Å². The van der Waals surface area contributed by atoms with Crippen LogP contribution in [-0.2, 0) is 9.53 Å². The van der Waals surface area contributed by atoms with Crippen LogP contribution in [0.4, 0.5) is 4.39 Å². The van der Waals surface area contributed by atoms with E-state index in [4.69, 9.17) is 9.47 Å². The lowest BCUT2D eigenvalue weighted by Crippen LogP contribution is -1.96. The molecule has 2 rings (SSSR count). The van der Waals surface area contributed by atoms with Crippen molar-refractivity contribution in [2.24, 2.45) is 0 Å². The van der Waals surface area contributed by atoms with E-state index in [2.05, 4.69) is 4.74 Å². The number of benzene rings is 2. The standard InChI is InChI=1S/C19H19FO4/c1-12(9-19(21)24-4)13-5-7-17(22-2)15(10-13)14-6-8-18(23-3)16(20)11-14/h5-11H,1-4H3/b12-9+. The smallest absolute Gasteiger partial charge is 0.330 e. The fourth-order valence-electron chi connectivity index (χ4n) is 2.33. The molecule has 0 aromatic heterocycles. The first-order chi connectivity index (χ1) is 11.5. The first-order valence-electron chi connectivity index (χ1n) is 7.28. The van der Waals surface area contributed by atoms with Gasteiger partial charge in [-0.2, -0.15) is 0 Å². The molecule has 0 fully saturated rings. The van der Waals surface area contributed by atoms with Gasteiger partial charge in [0.25, 0.3) is 0 Å². The molecule has 2 aromatic carbocycles. The quantitative estimate of drug-likeness (QED) is 0.612. The van der Waals surface area contributed by atoms with Crippen LogP contribution in [0.3, 0.4) is 0 Å². The number of methoxy groups -OCH3 is 3. The third-order valence-corrected chi connectivity index (χ3v) is 3.65. The van der Waals surface area contributed by atoms with Gasteiger partial charge in [0.15, 0.2) is 11.6 Å². The Hall–Kier alpha value is -2.82. The summed E-state index contributed by atoms with van der Waals surface area (Å²) in [6.07, 6.45) is 1.40. The third kappa shape index (κ3) is 3.74. The van der Waals surface area contributed by atoms with Crippen molar-refractivity contribution in [2.45, 2.75) is 6.92 Å². The number of rotatable bonds is 5. The van der Waals surface area contributed by atoms with Gasteiger partial charge in [-0.05, 0) is 47.9 Å². The Morgan fingerprint density at radius 3 is 2.25 bits per heavy atom. The zero-order chi connectivity index (χ0) is 17.7. The van der Waals surface area contributed by atoms with E-state index in [1.807, 2.05) is 12.1 Å². The maximum absolute atomic E-state index is 14.0. The molecule has 0 heterocycles. The molecular formula is C19H19FO4. The molecule has 0 bridgehead atoms. The lowest BCUT2D eigenvalue weighted by molar-refractivity contribution is -0.134. The van der Waals surface area contributed by atoms with Gasteiger partial charge in [-0.1, -0.05) is 12.1 Å². The van der Waals surface area contributed by atoms with Crippen LogP contribution in [-0.4, -0.2) is 27.3 Å². The van der Waals surface area contributed by atoms with Crippen LogP contribution in [0.2, 0.25) is 0 Å². The third-order valence-electron chi connectivity index (χ3n) is 3.65. The number of carbonyl (C=O) groups is 1. The summed E-state index contributed by atoms with van der Waals surface area (Å²) in [7, 11) is 4.29. The van der Waals surface area contributed by atoms with Gasteiger partial charge in [0.2, 0.25) is 0 Å². The van der Waals surface area contributed by atoms with E-state index < -0.39 is 11.8 Å². The molecule has 0 saturated heterocycles. The summed E-state index contributed by atoms with van der Waals surface area (Å²) < 4.78 is 29.0. The van der Waals surface area contributed by atoms with Gasteiger partial charge in [-0.25, -0.2) is 9.18 Å². The number of ether oxygens (including phenoxy) is 3. The molecule has 126 valence electrons. The van der Waals surface area contributed by atoms with E-state index in [0.29, 0.717) is 16.9 Å². The SMILES string of the molecule is COC(=O)/C=C(\C)c1ccc(OC)c(-c2ccc(OC)c(F)c2)c1. The van der Waals surface area contributed by atoms with Crippen molar-refractivity contribution in [2.75, 3.05) is 21.3 Å². The van der Waals surface area contributed by atoms with Crippen molar-refractivity contribution < 1.29 is 23.4 Å². The van der Waals surface area contributed by atoms with Crippen molar-refractivity contribution in [3.63, 3.8) is 0 Å². The monoisotopic (exact) mass is 330 g/mol. The van der Waals surface area contributed by atoms with E-state index >= 15 is 0 Å². The number of allylic oxidation sites excluding steroid dienone is 1. The molecule has 0 aliphatic rings. The first kappa shape index (κ1) is 17.5. The predicted octanol–water partition coefficient (Wildman–Crippen LogP) is 4.09. The Morgan fingerprint density at radius 2 is 1.67 bits per heavy atom. The van der Waals surface area contributed by atoms with Crippen LogP contribution in [0.5, 0.6) is 11.5 Å². The van der Waals surface area contributed by atoms with Crippen molar-refractivity contribution in [3.8, 4) is 22.6 Å². The maximum atomic E-state index is 14.0. The van der Waals surface area contributed by atoms with Crippen molar-refractivity contribution in [1.82, 2.24) is 0 Å². The van der Waals surface area contributed by atoms with Gasteiger partial charge in [-0.15, -0.1) is 0 Å². The normalized spacial score (nSPS) is 11.1. The van der Waals surface area contributed by atoms with Crippen molar-refractivity contribution in [3.05, 3.63) is 53.9 Å². The minimum absolute atomic E-state index is 0.177. The fourth-order valence-corrected chi connectivity index (χ4v) is 2.33. The number of carbonyl (C=O) groups excluding carboxylic acids is 1. The van der Waals surface area contributed by atoms with Gasteiger partial charge in [0.1, 0.15) is 5.75 Å². The Morgan fingerprint density at radius 1 is 1.00 bits per heavy atom. The first-order valence-corrected chi connectivity index (χ1v) is 7.28. The highest BCUT2D eigenvalue weighted by atomic mass is 19.1. The van der Waals surface area contributed by atoms with Gasteiger partial charge in [0, 0.05) is 11.6 Å². The Kier molecular flexibility index (Phi) is 5.58. The fraction of sp³-hybridized carbons (Fsp3) is 0.211. The summed E-state index contributed by atoms with van der Waals surface area (Å²) in [6.45, 7) is 1.80. The second kappa shape index (κ2) is 7.64. The highest BCUT2D eigenvalue weighted by Gasteiger charge is 2.12. The lowest BCUT2D eigenvalue weighted by Gasteiger charge is -2.12. The minimum atomic E-state index is -0.454.